The van der Waals surface area contributed by atoms with Crippen molar-refractivity contribution in [3.05, 3.63) is 90.0 Å². The average Bonchev–Trinajstić information content (AvgIpc) is 2.77. The molecule has 0 aromatic heterocycles. The second kappa shape index (κ2) is 8.62. The van der Waals surface area contributed by atoms with Gasteiger partial charge in [0.25, 0.3) is 0 Å². The third-order valence-electron chi connectivity index (χ3n) is 5.84. The standard InChI is InChI=1S/C26H28N2O/c1-27(2)25(19-20-9-4-3-5-10-20)26(29)28-17-15-22(16-18-28)24-14-8-12-21-11-6-7-13-23(21)24/h3-15,25H,16-19H2,1-2H3. The van der Waals surface area contributed by atoms with Gasteiger partial charge in [-0.3, -0.25) is 9.69 Å². The van der Waals surface area contributed by atoms with Gasteiger partial charge in [0.15, 0.2) is 0 Å². The molecule has 1 heterocycles. The van der Waals surface area contributed by atoms with Crippen LogP contribution in [-0.4, -0.2) is 48.9 Å². The van der Waals surface area contributed by atoms with E-state index in [1.54, 1.807) is 0 Å². The van der Waals surface area contributed by atoms with Crippen molar-refractivity contribution in [1.29, 1.82) is 0 Å². The Hall–Kier alpha value is -2.91. The zero-order valence-electron chi connectivity index (χ0n) is 17.2. The van der Waals surface area contributed by atoms with Crippen LogP contribution >= 0.6 is 0 Å². The van der Waals surface area contributed by atoms with Crippen LogP contribution in [0.3, 0.4) is 0 Å². The van der Waals surface area contributed by atoms with Crippen LogP contribution in [0.15, 0.2) is 78.9 Å². The van der Waals surface area contributed by atoms with E-state index < -0.39 is 0 Å². The molecule has 29 heavy (non-hydrogen) atoms. The molecule has 0 N–H and O–H groups in total. The van der Waals surface area contributed by atoms with Crippen molar-refractivity contribution in [1.82, 2.24) is 9.80 Å². The van der Waals surface area contributed by atoms with Crippen LogP contribution in [-0.2, 0) is 11.2 Å². The SMILES string of the molecule is CN(C)C(Cc1ccccc1)C(=O)N1CC=C(c2cccc3ccccc23)CC1. The van der Waals surface area contributed by atoms with Gasteiger partial charge in [0.2, 0.25) is 5.91 Å². The highest BCUT2D eigenvalue weighted by Gasteiger charge is 2.27. The van der Waals surface area contributed by atoms with E-state index in [2.05, 4.69) is 60.7 Å². The first-order valence-corrected chi connectivity index (χ1v) is 10.3. The Morgan fingerprint density at radius 3 is 2.41 bits per heavy atom. The van der Waals surface area contributed by atoms with Gasteiger partial charge in [0.05, 0.1) is 6.04 Å². The number of likely N-dealkylation sites (N-methyl/N-ethyl adjacent to an activating group) is 1. The highest BCUT2D eigenvalue weighted by Crippen LogP contribution is 2.29. The summed E-state index contributed by atoms with van der Waals surface area (Å²) in [6.07, 6.45) is 3.87. The van der Waals surface area contributed by atoms with Gasteiger partial charge in [0, 0.05) is 13.1 Å². The normalized spacial score (nSPS) is 15.4. The van der Waals surface area contributed by atoms with E-state index >= 15 is 0 Å². The average molecular weight is 385 g/mol. The van der Waals surface area contributed by atoms with E-state index in [1.807, 2.05) is 42.1 Å². The van der Waals surface area contributed by atoms with Crippen molar-refractivity contribution in [3.63, 3.8) is 0 Å². The summed E-state index contributed by atoms with van der Waals surface area (Å²) in [4.78, 5) is 17.3. The highest BCUT2D eigenvalue weighted by molar-refractivity contribution is 5.94. The van der Waals surface area contributed by atoms with Crippen molar-refractivity contribution in [3.8, 4) is 0 Å². The topological polar surface area (TPSA) is 23.6 Å². The van der Waals surface area contributed by atoms with E-state index in [9.17, 15) is 4.79 Å². The minimum Gasteiger partial charge on any atom is -0.337 e. The third kappa shape index (κ3) is 4.25. The fraction of sp³-hybridized carbons (Fsp3) is 0.269. The first-order valence-electron chi connectivity index (χ1n) is 10.3. The summed E-state index contributed by atoms with van der Waals surface area (Å²) >= 11 is 0. The van der Waals surface area contributed by atoms with E-state index in [4.69, 9.17) is 0 Å². The first kappa shape index (κ1) is 19.4. The molecule has 148 valence electrons. The molecular formula is C26H28N2O. The molecule has 1 aliphatic rings. The predicted octanol–water partition coefficient (Wildman–Crippen LogP) is 4.63. The molecule has 1 amide bonds. The molecule has 0 fully saturated rings. The molecule has 1 unspecified atom stereocenters. The van der Waals surface area contributed by atoms with Crippen molar-refractivity contribution < 1.29 is 4.79 Å². The van der Waals surface area contributed by atoms with Crippen molar-refractivity contribution >= 4 is 22.3 Å². The molecule has 0 saturated heterocycles. The number of rotatable bonds is 5. The molecule has 1 aliphatic heterocycles. The molecule has 0 radical (unpaired) electrons. The Bertz CT molecular complexity index is 1020. The van der Waals surface area contributed by atoms with Crippen LogP contribution in [0, 0.1) is 0 Å². The molecule has 0 aliphatic carbocycles. The maximum absolute atomic E-state index is 13.3. The zero-order valence-corrected chi connectivity index (χ0v) is 17.2. The molecule has 0 bridgehead atoms. The number of amides is 1. The lowest BCUT2D eigenvalue weighted by Crippen LogP contribution is -2.48. The molecular weight excluding hydrogens is 356 g/mol. The van der Waals surface area contributed by atoms with Gasteiger partial charge in [-0.15, -0.1) is 0 Å². The van der Waals surface area contributed by atoms with Gasteiger partial charge in [0.1, 0.15) is 0 Å². The fourth-order valence-electron chi connectivity index (χ4n) is 4.16. The number of carbonyl (C=O) groups is 1. The van der Waals surface area contributed by atoms with Crippen LogP contribution in [0.2, 0.25) is 0 Å². The van der Waals surface area contributed by atoms with Crippen molar-refractivity contribution in [2.75, 3.05) is 27.2 Å². The number of benzene rings is 3. The molecule has 3 aromatic rings. The quantitative estimate of drug-likeness (QED) is 0.640. The summed E-state index contributed by atoms with van der Waals surface area (Å²) in [5, 5.41) is 2.55. The van der Waals surface area contributed by atoms with Crippen LogP contribution < -0.4 is 0 Å². The molecule has 1 atom stereocenters. The Labute approximate surface area is 173 Å². The Kier molecular flexibility index (Phi) is 5.77. The summed E-state index contributed by atoms with van der Waals surface area (Å²) in [5.41, 5.74) is 3.84. The van der Waals surface area contributed by atoms with Gasteiger partial charge < -0.3 is 4.90 Å². The first-order chi connectivity index (χ1) is 14.1. The minimum atomic E-state index is -0.134. The van der Waals surface area contributed by atoms with E-state index in [0.29, 0.717) is 6.54 Å². The van der Waals surface area contributed by atoms with Crippen LogP contribution in [0.4, 0.5) is 0 Å². The van der Waals surface area contributed by atoms with Crippen molar-refractivity contribution in [2.45, 2.75) is 18.9 Å². The Morgan fingerprint density at radius 1 is 0.966 bits per heavy atom. The lowest BCUT2D eigenvalue weighted by atomic mass is 9.94. The monoisotopic (exact) mass is 384 g/mol. The third-order valence-corrected chi connectivity index (χ3v) is 5.84. The molecule has 3 heteroatoms. The number of hydrogen-bond acceptors (Lipinski definition) is 2. The summed E-state index contributed by atoms with van der Waals surface area (Å²) < 4.78 is 0. The number of nitrogens with zero attached hydrogens (tertiary/aromatic N) is 2. The van der Waals surface area contributed by atoms with Gasteiger partial charge in [-0.2, -0.15) is 0 Å². The summed E-state index contributed by atoms with van der Waals surface area (Å²) in [7, 11) is 3.99. The summed E-state index contributed by atoms with van der Waals surface area (Å²) in [5.74, 6) is 0.215. The lowest BCUT2D eigenvalue weighted by molar-refractivity contribution is -0.135. The second-order valence-electron chi connectivity index (χ2n) is 7.96. The molecule has 4 rings (SSSR count). The Morgan fingerprint density at radius 2 is 1.69 bits per heavy atom. The number of hydrogen-bond donors (Lipinski definition) is 0. The van der Waals surface area contributed by atoms with E-state index in [1.165, 1.54) is 27.5 Å². The minimum absolute atomic E-state index is 0.134. The molecule has 3 nitrogen and oxygen atoms in total. The van der Waals surface area contributed by atoms with Gasteiger partial charge >= 0.3 is 0 Å². The van der Waals surface area contributed by atoms with Crippen LogP contribution in [0.5, 0.6) is 0 Å². The van der Waals surface area contributed by atoms with E-state index in [0.717, 1.165) is 19.4 Å². The van der Waals surface area contributed by atoms with Gasteiger partial charge in [-0.1, -0.05) is 78.9 Å². The largest absolute Gasteiger partial charge is 0.337 e. The lowest BCUT2D eigenvalue weighted by Gasteiger charge is -2.33. The maximum atomic E-state index is 13.3. The van der Waals surface area contributed by atoms with Crippen LogP contribution in [0.25, 0.3) is 16.3 Å². The summed E-state index contributed by atoms with van der Waals surface area (Å²) in [6, 6.07) is 25.1. The molecule has 0 spiro atoms. The Balaban J connectivity index is 1.51. The summed E-state index contributed by atoms with van der Waals surface area (Å²) in [6.45, 7) is 1.45. The second-order valence-corrected chi connectivity index (χ2v) is 7.96. The number of carbonyl (C=O) groups excluding carboxylic acids is 1. The van der Waals surface area contributed by atoms with Gasteiger partial charge in [-0.05, 0) is 54.4 Å². The number of fused-ring (bicyclic) bond motifs is 1. The van der Waals surface area contributed by atoms with Crippen molar-refractivity contribution in [2.24, 2.45) is 0 Å². The van der Waals surface area contributed by atoms with Crippen LogP contribution in [0.1, 0.15) is 17.5 Å². The fourth-order valence-corrected chi connectivity index (χ4v) is 4.16. The highest BCUT2D eigenvalue weighted by atomic mass is 16.2. The molecule has 0 saturated carbocycles. The van der Waals surface area contributed by atoms with Gasteiger partial charge in [-0.25, -0.2) is 0 Å². The maximum Gasteiger partial charge on any atom is 0.240 e. The van der Waals surface area contributed by atoms with E-state index in [-0.39, 0.29) is 11.9 Å². The smallest absolute Gasteiger partial charge is 0.240 e. The predicted molar refractivity (Wildman–Crippen MR) is 121 cm³/mol. The zero-order chi connectivity index (χ0) is 20.2. The molecule has 3 aromatic carbocycles.